The van der Waals surface area contributed by atoms with Crippen molar-refractivity contribution in [1.82, 2.24) is 16.0 Å². The van der Waals surface area contributed by atoms with Crippen LogP contribution in [-0.2, 0) is 9.53 Å². The molecule has 1 heterocycles. The Morgan fingerprint density at radius 3 is 2.43 bits per heavy atom. The van der Waals surface area contributed by atoms with Crippen molar-refractivity contribution in [2.24, 2.45) is 5.41 Å². The number of alkyl carbamates (subject to hydrolysis) is 1. The van der Waals surface area contributed by atoms with Gasteiger partial charge in [0.25, 0.3) is 0 Å². The maximum absolute atomic E-state index is 12.0. The summed E-state index contributed by atoms with van der Waals surface area (Å²) in [5.74, 6) is 0.0674. The second kappa shape index (κ2) is 6.30. The van der Waals surface area contributed by atoms with E-state index in [0.29, 0.717) is 13.1 Å². The van der Waals surface area contributed by atoms with Crippen molar-refractivity contribution >= 4 is 12.0 Å². The van der Waals surface area contributed by atoms with Gasteiger partial charge in [-0.1, -0.05) is 13.8 Å². The molecule has 1 saturated carbocycles. The lowest BCUT2D eigenvalue weighted by Crippen LogP contribution is -2.56. The summed E-state index contributed by atoms with van der Waals surface area (Å²) >= 11 is 0. The molecule has 2 aliphatic rings. The zero-order chi connectivity index (χ0) is 17.3. The number of rotatable bonds is 5. The normalized spacial score (nSPS) is 25.4. The van der Waals surface area contributed by atoms with Crippen LogP contribution < -0.4 is 16.0 Å². The van der Waals surface area contributed by atoms with Gasteiger partial charge in [0.15, 0.2) is 0 Å². The number of ether oxygens (including phenoxy) is 1. The minimum atomic E-state index is -0.487. The van der Waals surface area contributed by atoms with Gasteiger partial charge in [-0.15, -0.1) is 0 Å². The van der Waals surface area contributed by atoms with Crippen LogP contribution in [0.25, 0.3) is 0 Å². The van der Waals surface area contributed by atoms with Gasteiger partial charge in [0.1, 0.15) is 5.60 Å². The van der Waals surface area contributed by atoms with E-state index in [1.807, 2.05) is 20.8 Å². The molecular formula is C17H31N3O3. The Bertz CT molecular complexity index is 464. The highest BCUT2D eigenvalue weighted by Crippen LogP contribution is 2.35. The quantitative estimate of drug-likeness (QED) is 0.722. The summed E-state index contributed by atoms with van der Waals surface area (Å²) in [4.78, 5) is 23.9. The molecule has 0 bridgehead atoms. The first-order valence-electron chi connectivity index (χ1n) is 8.55. The SMILES string of the molecule is CC(C)(C)OC(=O)NC1(CCNC2C(=O)NCC2(C)C)CCC1. The highest BCUT2D eigenvalue weighted by atomic mass is 16.6. The first kappa shape index (κ1) is 18.0. The maximum Gasteiger partial charge on any atom is 0.408 e. The number of amides is 2. The molecule has 6 nitrogen and oxygen atoms in total. The van der Waals surface area contributed by atoms with Gasteiger partial charge in [0, 0.05) is 17.5 Å². The van der Waals surface area contributed by atoms with Crippen LogP contribution in [0, 0.1) is 5.41 Å². The molecule has 0 aromatic heterocycles. The molecule has 1 atom stereocenters. The third kappa shape index (κ3) is 4.59. The van der Waals surface area contributed by atoms with Crippen LogP contribution in [-0.4, -0.2) is 42.3 Å². The molecule has 6 heteroatoms. The van der Waals surface area contributed by atoms with Gasteiger partial charge < -0.3 is 20.7 Å². The van der Waals surface area contributed by atoms with E-state index in [-0.39, 0.29) is 29.0 Å². The number of carbonyl (C=O) groups is 2. The summed E-state index contributed by atoms with van der Waals surface area (Å²) in [6, 6.07) is -0.166. The monoisotopic (exact) mass is 325 g/mol. The highest BCUT2D eigenvalue weighted by molar-refractivity contribution is 5.85. The fourth-order valence-electron chi connectivity index (χ4n) is 3.26. The van der Waals surface area contributed by atoms with Crippen molar-refractivity contribution < 1.29 is 14.3 Å². The molecular weight excluding hydrogens is 294 g/mol. The van der Waals surface area contributed by atoms with Crippen molar-refractivity contribution in [3.05, 3.63) is 0 Å². The molecule has 1 unspecified atom stereocenters. The van der Waals surface area contributed by atoms with E-state index < -0.39 is 5.60 Å². The zero-order valence-electron chi connectivity index (χ0n) is 15.0. The summed E-state index contributed by atoms with van der Waals surface area (Å²) < 4.78 is 5.36. The standard InChI is InChI=1S/C17H31N3O3/c1-15(2,3)23-14(22)20-17(7-6-8-17)9-10-18-12-13(21)19-11-16(12,4)5/h12,18H,6-11H2,1-5H3,(H,19,21)(H,20,22). The molecule has 1 aliphatic heterocycles. The van der Waals surface area contributed by atoms with Gasteiger partial charge in [0.05, 0.1) is 6.04 Å². The van der Waals surface area contributed by atoms with Crippen LogP contribution in [0.3, 0.4) is 0 Å². The Labute approximate surface area is 139 Å². The fraction of sp³-hybridized carbons (Fsp3) is 0.882. The minimum absolute atomic E-state index is 0.0674. The molecule has 0 aromatic rings. The molecule has 23 heavy (non-hydrogen) atoms. The van der Waals surface area contributed by atoms with E-state index in [2.05, 4.69) is 29.8 Å². The first-order valence-corrected chi connectivity index (χ1v) is 8.55. The zero-order valence-corrected chi connectivity index (χ0v) is 15.0. The lowest BCUT2D eigenvalue weighted by Gasteiger charge is -2.43. The van der Waals surface area contributed by atoms with Crippen molar-refractivity contribution in [2.75, 3.05) is 13.1 Å². The Hall–Kier alpha value is -1.30. The topological polar surface area (TPSA) is 79.5 Å². The van der Waals surface area contributed by atoms with Gasteiger partial charge in [-0.2, -0.15) is 0 Å². The van der Waals surface area contributed by atoms with Gasteiger partial charge in [-0.05, 0) is 53.0 Å². The van der Waals surface area contributed by atoms with E-state index in [9.17, 15) is 9.59 Å². The van der Waals surface area contributed by atoms with Gasteiger partial charge >= 0.3 is 6.09 Å². The van der Waals surface area contributed by atoms with Gasteiger partial charge in [-0.25, -0.2) is 4.79 Å². The Balaban J connectivity index is 1.83. The van der Waals surface area contributed by atoms with E-state index in [4.69, 9.17) is 4.74 Å². The minimum Gasteiger partial charge on any atom is -0.444 e. The van der Waals surface area contributed by atoms with Crippen molar-refractivity contribution in [3.63, 3.8) is 0 Å². The van der Waals surface area contributed by atoms with Crippen LogP contribution in [0.2, 0.25) is 0 Å². The molecule has 0 radical (unpaired) electrons. The maximum atomic E-state index is 12.0. The largest absolute Gasteiger partial charge is 0.444 e. The predicted molar refractivity (Wildman–Crippen MR) is 89.2 cm³/mol. The third-order valence-electron chi connectivity index (χ3n) is 4.79. The van der Waals surface area contributed by atoms with Crippen molar-refractivity contribution in [3.8, 4) is 0 Å². The molecule has 1 saturated heterocycles. The lowest BCUT2D eigenvalue weighted by atomic mass is 9.74. The Kier molecular flexibility index (Phi) is 4.95. The van der Waals surface area contributed by atoms with E-state index in [0.717, 1.165) is 25.7 Å². The average Bonchev–Trinajstić information content (AvgIpc) is 2.59. The second-order valence-corrected chi connectivity index (χ2v) is 8.60. The molecule has 0 aromatic carbocycles. The van der Waals surface area contributed by atoms with Crippen LogP contribution in [0.15, 0.2) is 0 Å². The summed E-state index contributed by atoms with van der Waals surface area (Å²) in [5, 5.41) is 9.31. The summed E-state index contributed by atoms with van der Waals surface area (Å²) in [6.07, 6.45) is 3.51. The molecule has 2 rings (SSSR count). The van der Waals surface area contributed by atoms with Gasteiger partial charge in [0.2, 0.25) is 5.91 Å². The Morgan fingerprint density at radius 1 is 1.35 bits per heavy atom. The van der Waals surface area contributed by atoms with Crippen LogP contribution in [0.5, 0.6) is 0 Å². The average molecular weight is 325 g/mol. The lowest BCUT2D eigenvalue weighted by molar-refractivity contribution is -0.121. The molecule has 2 fully saturated rings. The predicted octanol–water partition coefficient (Wildman–Crippen LogP) is 1.94. The van der Waals surface area contributed by atoms with Gasteiger partial charge in [-0.3, -0.25) is 4.79 Å². The second-order valence-electron chi connectivity index (χ2n) is 8.60. The smallest absolute Gasteiger partial charge is 0.408 e. The first-order chi connectivity index (χ1) is 10.5. The van der Waals surface area contributed by atoms with E-state index in [1.165, 1.54) is 0 Å². The van der Waals surface area contributed by atoms with E-state index in [1.54, 1.807) is 0 Å². The fourth-order valence-corrected chi connectivity index (χ4v) is 3.26. The Morgan fingerprint density at radius 2 is 2.00 bits per heavy atom. The highest BCUT2D eigenvalue weighted by Gasteiger charge is 2.42. The molecule has 0 spiro atoms. The molecule has 132 valence electrons. The number of nitrogens with one attached hydrogen (secondary N) is 3. The number of hydrogen-bond donors (Lipinski definition) is 3. The van der Waals surface area contributed by atoms with Crippen LogP contribution in [0.4, 0.5) is 4.79 Å². The molecule has 1 aliphatic carbocycles. The van der Waals surface area contributed by atoms with Crippen molar-refractivity contribution in [2.45, 2.75) is 77.5 Å². The van der Waals surface area contributed by atoms with Crippen LogP contribution in [0.1, 0.15) is 60.3 Å². The van der Waals surface area contributed by atoms with Crippen molar-refractivity contribution in [1.29, 1.82) is 0 Å². The third-order valence-corrected chi connectivity index (χ3v) is 4.79. The molecule has 3 N–H and O–H groups in total. The summed E-state index contributed by atoms with van der Waals surface area (Å²) in [7, 11) is 0. The summed E-state index contributed by atoms with van der Waals surface area (Å²) in [6.45, 7) is 11.2. The molecule has 2 amide bonds. The van der Waals surface area contributed by atoms with E-state index >= 15 is 0 Å². The van der Waals surface area contributed by atoms with Crippen LogP contribution >= 0.6 is 0 Å². The number of hydrogen-bond acceptors (Lipinski definition) is 4. The summed E-state index contributed by atoms with van der Waals surface area (Å²) in [5.41, 5.74) is -0.754. The number of carbonyl (C=O) groups excluding carboxylic acids is 2.